The summed E-state index contributed by atoms with van der Waals surface area (Å²) in [6, 6.07) is 5.15. The molecular formula is C26H33ClF3N5O2. The summed E-state index contributed by atoms with van der Waals surface area (Å²) in [5.41, 5.74) is 6.24. The van der Waals surface area contributed by atoms with Gasteiger partial charge in [0.25, 0.3) is 5.91 Å². The fourth-order valence-electron chi connectivity index (χ4n) is 5.78. The predicted octanol–water partition coefficient (Wildman–Crippen LogP) is 4.69. The molecule has 2 aliphatic heterocycles. The van der Waals surface area contributed by atoms with Crippen molar-refractivity contribution in [2.45, 2.75) is 69.1 Å². The number of nitrogens with two attached hydrogens (primary N) is 1. The van der Waals surface area contributed by atoms with Gasteiger partial charge < -0.3 is 15.5 Å². The molecule has 1 aromatic heterocycles. The third kappa shape index (κ3) is 5.80. The maximum atomic E-state index is 13.8. The number of likely N-dealkylation sites (tertiary alicyclic amines) is 2. The Morgan fingerprint density at radius 2 is 1.73 bits per heavy atom. The van der Waals surface area contributed by atoms with Gasteiger partial charge in [-0.3, -0.25) is 14.3 Å². The van der Waals surface area contributed by atoms with E-state index in [4.69, 9.17) is 5.73 Å². The quantitative estimate of drug-likeness (QED) is 0.553. The van der Waals surface area contributed by atoms with Crippen molar-refractivity contribution >= 4 is 24.2 Å². The monoisotopic (exact) mass is 539 g/mol. The largest absolute Gasteiger partial charge is 0.416 e. The topological polar surface area (TPSA) is 84.5 Å². The number of halogens is 4. The van der Waals surface area contributed by atoms with E-state index >= 15 is 0 Å². The molecule has 2 aromatic rings. The lowest BCUT2D eigenvalue weighted by atomic mass is 9.97. The van der Waals surface area contributed by atoms with E-state index in [1.165, 1.54) is 12.1 Å². The molecule has 0 bridgehead atoms. The minimum atomic E-state index is -4.47. The number of primary amides is 1. The smallest absolute Gasteiger partial charge is 0.370 e. The van der Waals surface area contributed by atoms with Gasteiger partial charge in [0.05, 0.1) is 35.1 Å². The molecule has 2 saturated heterocycles. The zero-order chi connectivity index (χ0) is 25.4. The van der Waals surface area contributed by atoms with Gasteiger partial charge in [0.2, 0.25) is 5.91 Å². The normalized spacial score (nSPS) is 21.2. The third-order valence-electron chi connectivity index (χ3n) is 7.74. The first kappa shape index (κ1) is 27.4. The van der Waals surface area contributed by atoms with Gasteiger partial charge in [-0.15, -0.1) is 12.4 Å². The van der Waals surface area contributed by atoms with Gasteiger partial charge in [0, 0.05) is 38.5 Å². The second kappa shape index (κ2) is 11.0. The van der Waals surface area contributed by atoms with Gasteiger partial charge in [0.15, 0.2) is 0 Å². The van der Waals surface area contributed by atoms with Crippen LogP contribution in [0.1, 0.15) is 90.1 Å². The number of carbonyl (C=O) groups excluding carboxylic acids is 2. The molecule has 0 radical (unpaired) electrons. The molecule has 3 aliphatic rings. The zero-order valence-electron chi connectivity index (χ0n) is 20.6. The second-order valence-corrected chi connectivity index (χ2v) is 10.2. The minimum Gasteiger partial charge on any atom is -0.370 e. The lowest BCUT2D eigenvalue weighted by Crippen LogP contribution is -2.37. The van der Waals surface area contributed by atoms with Crippen LogP contribution in [0.25, 0.3) is 0 Å². The molecule has 3 heterocycles. The summed E-state index contributed by atoms with van der Waals surface area (Å²) in [7, 11) is 0. The van der Waals surface area contributed by atoms with Crippen LogP contribution in [-0.2, 0) is 11.0 Å². The van der Waals surface area contributed by atoms with Gasteiger partial charge >= 0.3 is 6.18 Å². The first-order valence-electron chi connectivity index (χ1n) is 12.8. The molecule has 1 unspecified atom stereocenters. The van der Waals surface area contributed by atoms with Gasteiger partial charge in [-0.05, 0) is 50.2 Å². The number of benzene rings is 1. The predicted molar refractivity (Wildman–Crippen MR) is 134 cm³/mol. The van der Waals surface area contributed by atoms with E-state index in [1.54, 1.807) is 17.2 Å². The third-order valence-corrected chi connectivity index (χ3v) is 7.74. The van der Waals surface area contributed by atoms with Crippen molar-refractivity contribution in [2.75, 3.05) is 26.2 Å². The highest BCUT2D eigenvalue weighted by atomic mass is 35.5. The number of alkyl halides is 3. The Kier molecular flexibility index (Phi) is 8.18. The molecule has 1 saturated carbocycles. The summed E-state index contributed by atoms with van der Waals surface area (Å²) in [6.07, 6.45) is 2.37. The number of amides is 2. The van der Waals surface area contributed by atoms with Gasteiger partial charge in [-0.1, -0.05) is 18.2 Å². The van der Waals surface area contributed by atoms with Gasteiger partial charge in [-0.25, -0.2) is 0 Å². The van der Waals surface area contributed by atoms with Crippen molar-refractivity contribution in [3.63, 3.8) is 0 Å². The van der Waals surface area contributed by atoms with Crippen LogP contribution in [0.3, 0.4) is 0 Å². The molecule has 5 rings (SSSR count). The van der Waals surface area contributed by atoms with Gasteiger partial charge in [-0.2, -0.15) is 18.3 Å². The Morgan fingerprint density at radius 3 is 2.38 bits per heavy atom. The van der Waals surface area contributed by atoms with Crippen LogP contribution in [-0.4, -0.2) is 57.6 Å². The van der Waals surface area contributed by atoms with E-state index in [1.807, 2.05) is 4.68 Å². The first-order valence-corrected chi connectivity index (χ1v) is 12.8. The van der Waals surface area contributed by atoms with Crippen molar-refractivity contribution in [1.29, 1.82) is 0 Å². The van der Waals surface area contributed by atoms with Crippen LogP contribution >= 0.6 is 12.4 Å². The molecule has 7 nitrogen and oxygen atoms in total. The van der Waals surface area contributed by atoms with Crippen LogP contribution in [0.5, 0.6) is 0 Å². The van der Waals surface area contributed by atoms with Crippen molar-refractivity contribution in [2.24, 2.45) is 5.73 Å². The zero-order valence-corrected chi connectivity index (χ0v) is 21.4. The van der Waals surface area contributed by atoms with E-state index in [2.05, 4.69) is 10.00 Å². The SMILES string of the molecule is Cl.NC(=O)CCN1CCC(n2ncc(C(=O)N3CCCC3c3ccccc3C(F)(F)F)c2C2CC2)CC1. The highest BCUT2D eigenvalue weighted by Crippen LogP contribution is 2.45. The number of piperidine rings is 1. The van der Waals surface area contributed by atoms with Crippen LogP contribution in [0.2, 0.25) is 0 Å². The highest BCUT2D eigenvalue weighted by molar-refractivity contribution is 5.96. The number of rotatable bonds is 7. The van der Waals surface area contributed by atoms with E-state index in [0.717, 1.165) is 50.5 Å². The van der Waals surface area contributed by atoms with Crippen LogP contribution in [0.15, 0.2) is 30.5 Å². The van der Waals surface area contributed by atoms with E-state index < -0.39 is 17.8 Å². The maximum absolute atomic E-state index is 13.8. The molecular weight excluding hydrogens is 507 g/mol. The Labute approximate surface area is 220 Å². The average Bonchev–Trinajstić information content (AvgIpc) is 3.40. The Balaban J connectivity index is 0.00000320. The minimum absolute atomic E-state index is 0. The van der Waals surface area contributed by atoms with Crippen LogP contribution in [0.4, 0.5) is 13.2 Å². The molecule has 0 spiro atoms. The maximum Gasteiger partial charge on any atom is 0.416 e. The number of aromatic nitrogens is 2. The molecule has 202 valence electrons. The Morgan fingerprint density at radius 1 is 1.03 bits per heavy atom. The fourth-order valence-corrected chi connectivity index (χ4v) is 5.78. The van der Waals surface area contributed by atoms with E-state index in [9.17, 15) is 22.8 Å². The fraction of sp³-hybridized carbons (Fsp3) is 0.577. The molecule has 2 amide bonds. The lowest BCUT2D eigenvalue weighted by molar-refractivity contribution is -0.138. The summed E-state index contributed by atoms with van der Waals surface area (Å²) in [6.45, 7) is 2.74. The highest BCUT2D eigenvalue weighted by Gasteiger charge is 2.41. The van der Waals surface area contributed by atoms with Crippen LogP contribution in [0, 0.1) is 0 Å². The van der Waals surface area contributed by atoms with Crippen LogP contribution < -0.4 is 5.73 Å². The molecule has 1 aromatic carbocycles. The molecule has 1 aliphatic carbocycles. The van der Waals surface area contributed by atoms with E-state index in [-0.39, 0.29) is 41.7 Å². The van der Waals surface area contributed by atoms with Crippen molar-refractivity contribution in [3.8, 4) is 0 Å². The summed E-state index contributed by atoms with van der Waals surface area (Å²) >= 11 is 0. The van der Waals surface area contributed by atoms with E-state index in [0.29, 0.717) is 37.9 Å². The molecule has 1 atom stereocenters. The Bertz CT molecular complexity index is 1130. The number of carbonyl (C=O) groups is 2. The number of hydrogen-bond acceptors (Lipinski definition) is 4. The van der Waals surface area contributed by atoms with Crippen molar-refractivity contribution in [1.82, 2.24) is 19.6 Å². The average molecular weight is 540 g/mol. The second-order valence-electron chi connectivity index (χ2n) is 10.2. The number of nitrogens with zero attached hydrogens (tertiary/aromatic N) is 4. The number of hydrogen-bond donors (Lipinski definition) is 1. The van der Waals surface area contributed by atoms with Gasteiger partial charge in [0.1, 0.15) is 0 Å². The summed E-state index contributed by atoms with van der Waals surface area (Å²) in [5, 5.41) is 4.64. The molecule has 2 N–H and O–H groups in total. The molecule has 3 fully saturated rings. The summed E-state index contributed by atoms with van der Waals surface area (Å²) in [5.74, 6) is -0.258. The summed E-state index contributed by atoms with van der Waals surface area (Å²) in [4.78, 5) is 28.7. The molecule has 37 heavy (non-hydrogen) atoms. The lowest BCUT2D eigenvalue weighted by Gasteiger charge is -2.32. The first-order chi connectivity index (χ1) is 17.2. The van der Waals surface area contributed by atoms with Crippen molar-refractivity contribution in [3.05, 3.63) is 52.8 Å². The van der Waals surface area contributed by atoms with Crippen molar-refractivity contribution < 1.29 is 22.8 Å². The molecule has 11 heteroatoms. The summed E-state index contributed by atoms with van der Waals surface area (Å²) < 4.78 is 43.1. The standard InChI is InChI=1S/C26H32F3N5O2.ClH/c27-26(28,29)21-5-2-1-4-19(21)22-6-3-12-33(22)25(36)20-16-31-34(24(20)17-7-8-17)18-9-13-32(14-10-18)15-11-23(30)35;/h1-2,4-5,16-18,22H,3,6-15H2,(H2,30,35);1H. The Hall–Kier alpha value is -2.59.